The molecular weight excluding hydrogens is 287 g/mol. The Morgan fingerprint density at radius 2 is 2.36 bits per heavy atom. The quantitative estimate of drug-likeness (QED) is 0.865. The largest absolute Gasteiger partial charge is 0.370 e. The number of hydrogen-bond acceptors (Lipinski definition) is 4. The van der Waals surface area contributed by atoms with Crippen molar-refractivity contribution in [2.75, 3.05) is 19.7 Å². The van der Waals surface area contributed by atoms with Crippen LogP contribution in [0.25, 0.3) is 0 Å². The summed E-state index contributed by atoms with van der Waals surface area (Å²) < 4.78 is 20.6. The Morgan fingerprint density at radius 1 is 1.50 bits per heavy atom. The summed E-state index contributed by atoms with van der Waals surface area (Å²) in [5.41, 5.74) is 1.20. The van der Waals surface area contributed by atoms with E-state index in [1.165, 1.54) is 18.3 Å². The molecule has 1 fully saturated rings. The number of ether oxygens (including phenoxy) is 1. The van der Waals surface area contributed by atoms with Crippen molar-refractivity contribution in [3.05, 3.63) is 47.5 Å². The number of morpholine rings is 1. The minimum Gasteiger partial charge on any atom is -0.370 e. The van der Waals surface area contributed by atoms with Crippen LogP contribution in [0, 0.1) is 5.82 Å². The second-order valence-corrected chi connectivity index (χ2v) is 5.10. The Bertz CT molecular complexity index is 673. The second kappa shape index (κ2) is 6.23. The van der Waals surface area contributed by atoms with E-state index >= 15 is 0 Å². The van der Waals surface area contributed by atoms with Crippen molar-refractivity contribution in [2.45, 2.75) is 19.6 Å². The topological polar surface area (TPSA) is 60.2 Å². The molecule has 0 spiro atoms. The third-order valence-electron chi connectivity index (χ3n) is 3.71. The van der Waals surface area contributed by atoms with Gasteiger partial charge in [0.1, 0.15) is 17.6 Å². The molecule has 1 unspecified atom stereocenters. The van der Waals surface area contributed by atoms with Crippen molar-refractivity contribution in [1.29, 1.82) is 0 Å². The van der Waals surface area contributed by atoms with E-state index in [0.29, 0.717) is 31.9 Å². The number of aromatic nitrogens is 3. The molecule has 0 saturated carbocycles. The first-order chi connectivity index (χ1) is 10.7. The summed E-state index contributed by atoms with van der Waals surface area (Å²) in [4.78, 5) is 14.3. The molecule has 0 N–H and O–H groups in total. The molecule has 1 aliphatic rings. The lowest BCUT2D eigenvalue weighted by Gasteiger charge is -2.33. The molecule has 1 amide bonds. The smallest absolute Gasteiger partial charge is 0.273 e. The minimum absolute atomic E-state index is 0.128. The maximum atomic E-state index is 13.3. The van der Waals surface area contributed by atoms with Gasteiger partial charge in [-0.1, -0.05) is 17.3 Å². The molecule has 1 saturated heterocycles. The lowest BCUT2D eigenvalue weighted by atomic mass is 10.1. The molecule has 1 aliphatic heterocycles. The first-order valence-electron chi connectivity index (χ1n) is 7.24. The molecule has 0 radical (unpaired) electrons. The van der Waals surface area contributed by atoms with Crippen LogP contribution in [0.4, 0.5) is 4.39 Å². The van der Waals surface area contributed by atoms with E-state index in [1.807, 2.05) is 6.92 Å². The predicted molar refractivity (Wildman–Crippen MR) is 76.7 cm³/mol. The first kappa shape index (κ1) is 14.6. The van der Waals surface area contributed by atoms with Gasteiger partial charge in [0, 0.05) is 13.1 Å². The van der Waals surface area contributed by atoms with Crippen molar-refractivity contribution in [3.63, 3.8) is 0 Å². The summed E-state index contributed by atoms with van der Waals surface area (Å²) in [6, 6.07) is 6.28. The summed E-state index contributed by atoms with van der Waals surface area (Å²) in [5, 5.41) is 7.66. The Morgan fingerprint density at radius 3 is 3.14 bits per heavy atom. The number of halogens is 1. The van der Waals surface area contributed by atoms with Gasteiger partial charge in [0.05, 0.1) is 19.3 Å². The van der Waals surface area contributed by atoms with Gasteiger partial charge in [-0.05, 0) is 24.6 Å². The van der Waals surface area contributed by atoms with E-state index < -0.39 is 0 Å². The van der Waals surface area contributed by atoms with Gasteiger partial charge in [-0.3, -0.25) is 4.79 Å². The molecule has 2 heterocycles. The van der Waals surface area contributed by atoms with E-state index in [9.17, 15) is 9.18 Å². The highest BCUT2D eigenvalue weighted by Crippen LogP contribution is 2.23. The molecular formula is C15H17FN4O2. The molecule has 22 heavy (non-hydrogen) atoms. The fourth-order valence-corrected chi connectivity index (χ4v) is 2.56. The average molecular weight is 304 g/mol. The third-order valence-corrected chi connectivity index (χ3v) is 3.71. The minimum atomic E-state index is -0.320. The maximum absolute atomic E-state index is 13.3. The van der Waals surface area contributed by atoms with Crippen LogP contribution < -0.4 is 0 Å². The van der Waals surface area contributed by atoms with Crippen LogP contribution in [0.15, 0.2) is 30.5 Å². The predicted octanol–water partition coefficient (Wildman–Crippen LogP) is 1.65. The van der Waals surface area contributed by atoms with Gasteiger partial charge in [-0.2, -0.15) is 0 Å². The third kappa shape index (κ3) is 2.85. The average Bonchev–Trinajstić information content (AvgIpc) is 3.03. The Balaban J connectivity index is 1.77. The molecule has 7 heteroatoms. The Kier molecular flexibility index (Phi) is 4.15. The summed E-state index contributed by atoms with van der Waals surface area (Å²) in [7, 11) is 0. The number of nitrogens with zero attached hydrogens (tertiary/aromatic N) is 4. The monoisotopic (exact) mass is 304 g/mol. The highest BCUT2D eigenvalue weighted by atomic mass is 19.1. The van der Waals surface area contributed by atoms with Gasteiger partial charge < -0.3 is 9.64 Å². The van der Waals surface area contributed by atoms with Crippen LogP contribution in [0.1, 0.15) is 29.1 Å². The van der Waals surface area contributed by atoms with E-state index in [2.05, 4.69) is 10.3 Å². The summed E-state index contributed by atoms with van der Waals surface area (Å²) >= 11 is 0. The lowest BCUT2D eigenvalue weighted by Crippen LogP contribution is -2.43. The second-order valence-electron chi connectivity index (χ2n) is 5.10. The molecule has 3 rings (SSSR count). The first-order valence-corrected chi connectivity index (χ1v) is 7.24. The van der Waals surface area contributed by atoms with Crippen molar-refractivity contribution in [1.82, 2.24) is 19.9 Å². The molecule has 1 aromatic carbocycles. The molecule has 2 aromatic rings. The molecule has 1 atom stereocenters. The zero-order chi connectivity index (χ0) is 15.5. The Labute approximate surface area is 127 Å². The van der Waals surface area contributed by atoms with Gasteiger partial charge >= 0.3 is 0 Å². The number of hydrogen-bond donors (Lipinski definition) is 0. The number of carbonyl (C=O) groups is 1. The van der Waals surface area contributed by atoms with Gasteiger partial charge in [-0.25, -0.2) is 9.07 Å². The molecule has 6 nitrogen and oxygen atoms in total. The standard InChI is InChI=1S/C15H17FN4O2/c1-2-20-13(9-17-18-20)15(21)19-6-7-22-14(10-19)11-4-3-5-12(16)8-11/h3-5,8-9,14H,2,6-7,10H2,1H3. The van der Waals surface area contributed by atoms with Gasteiger partial charge in [0.25, 0.3) is 5.91 Å². The molecule has 0 aliphatic carbocycles. The van der Waals surface area contributed by atoms with Crippen molar-refractivity contribution >= 4 is 5.91 Å². The van der Waals surface area contributed by atoms with Crippen LogP contribution in [-0.2, 0) is 11.3 Å². The van der Waals surface area contributed by atoms with E-state index in [0.717, 1.165) is 5.56 Å². The van der Waals surface area contributed by atoms with E-state index in [-0.39, 0.29) is 17.8 Å². The highest BCUT2D eigenvalue weighted by molar-refractivity contribution is 5.92. The summed E-state index contributed by atoms with van der Waals surface area (Å²) in [5.74, 6) is -0.436. The zero-order valence-electron chi connectivity index (χ0n) is 12.3. The normalized spacial score (nSPS) is 18.5. The fourth-order valence-electron chi connectivity index (χ4n) is 2.56. The van der Waals surface area contributed by atoms with Gasteiger partial charge in [0.2, 0.25) is 0 Å². The lowest BCUT2D eigenvalue weighted by molar-refractivity contribution is -0.0233. The number of rotatable bonds is 3. The maximum Gasteiger partial charge on any atom is 0.273 e. The summed E-state index contributed by atoms with van der Waals surface area (Å²) in [6.45, 7) is 3.79. The Hall–Kier alpha value is -2.28. The van der Waals surface area contributed by atoms with Crippen molar-refractivity contribution in [3.8, 4) is 0 Å². The van der Waals surface area contributed by atoms with Crippen LogP contribution in [0.3, 0.4) is 0 Å². The number of carbonyl (C=O) groups excluding carboxylic acids is 1. The number of amides is 1. The fraction of sp³-hybridized carbons (Fsp3) is 0.400. The molecule has 1 aromatic heterocycles. The highest BCUT2D eigenvalue weighted by Gasteiger charge is 2.28. The number of benzene rings is 1. The van der Waals surface area contributed by atoms with E-state index in [1.54, 1.807) is 21.7 Å². The van der Waals surface area contributed by atoms with Crippen LogP contribution in [0.2, 0.25) is 0 Å². The van der Waals surface area contributed by atoms with Gasteiger partial charge in [0.15, 0.2) is 0 Å². The van der Waals surface area contributed by atoms with Crippen LogP contribution in [0.5, 0.6) is 0 Å². The SMILES string of the molecule is CCn1nncc1C(=O)N1CCOC(c2cccc(F)c2)C1. The van der Waals surface area contributed by atoms with Crippen LogP contribution >= 0.6 is 0 Å². The number of aryl methyl sites for hydroxylation is 1. The van der Waals surface area contributed by atoms with Crippen molar-refractivity contribution in [2.24, 2.45) is 0 Å². The van der Waals surface area contributed by atoms with Gasteiger partial charge in [-0.15, -0.1) is 5.10 Å². The van der Waals surface area contributed by atoms with Crippen molar-refractivity contribution < 1.29 is 13.9 Å². The molecule has 116 valence electrons. The zero-order valence-corrected chi connectivity index (χ0v) is 12.3. The van der Waals surface area contributed by atoms with Crippen LogP contribution in [-0.4, -0.2) is 45.5 Å². The summed E-state index contributed by atoms with van der Waals surface area (Å²) in [6.07, 6.45) is 1.15. The van der Waals surface area contributed by atoms with E-state index in [4.69, 9.17) is 4.74 Å². The molecule has 0 bridgehead atoms.